The van der Waals surface area contributed by atoms with Crippen LogP contribution in [0.1, 0.15) is 239 Å². The Morgan fingerprint density at radius 1 is 0.444 bits per heavy atom. The molecule has 1 N–H and O–H groups in total. The van der Waals surface area contributed by atoms with E-state index in [-0.39, 0.29) is 12.6 Å². The monoisotopic (exact) mass is 757 g/mol. The molecule has 0 saturated heterocycles. The predicted octanol–water partition coefficient (Wildman–Crippen LogP) is 15.8. The molecule has 0 amide bonds. The van der Waals surface area contributed by atoms with Gasteiger partial charge in [0.1, 0.15) is 6.10 Å². The molecule has 0 saturated carbocycles. The van der Waals surface area contributed by atoms with Crippen molar-refractivity contribution in [2.75, 3.05) is 19.8 Å². The number of allylic oxidation sites excluding steroid dienone is 8. The topological polar surface area (TPSA) is 55.8 Å². The largest absolute Gasteiger partial charge is 0.457 e. The van der Waals surface area contributed by atoms with Crippen LogP contribution in [-0.2, 0) is 14.3 Å². The van der Waals surface area contributed by atoms with Crippen LogP contribution in [0.2, 0.25) is 0 Å². The van der Waals surface area contributed by atoms with Gasteiger partial charge in [0.15, 0.2) is 0 Å². The van der Waals surface area contributed by atoms with Crippen molar-refractivity contribution >= 4 is 5.97 Å². The van der Waals surface area contributed by atoms with Gasteiger partial charge in [-0.2, -0.15) is 0 Å². The van der Waals surface area contributed by atoms with Gasteiger partial charge in [-0.05, 0) is 77.0 Å². The molecule has 54 heavy (non-hydrogen) atoms. The molecule has 0 aromatic carbocycles. The Morgan fingerprint density at radius 3 is 1.19 bits per heavy atom. The van der Waals surface area contributed by atoms with E-state index >= 15 is 0 Å². The molecule has 1 atom stereocenters. The van der Waals surface area contributed by atoms with E-state index < -0.39 is 6.10 Å². The number of carbonyl (C=O) groups excluding carboxylic acids is 1. The van der Waals surface area contributed by atoms with Gasteiger partial charge < -0.3 is 14.6 Å². The van der Waals surface area contributed by atoms with Crippen molar-refractivity contribution in [2.24, 2.45) is 0 Å². The molecule has 0 spiro atoms. The summed E-state index contributed by atoms with van der Waals surface area (Å²) in [4.78, 5) is 12.2. The first-order valence-corrected chi connectivity index (χ1v) is 23.7. The van der Waals surface area contributed by atoms with Crippen LogP contribution in [0.25, 0.3) is 0 Å². The highest BCUT2D eigenvalue weighted by Gasteiger charge is 2.13. The zero-order valence-corrected chi connectivity index (χ0v) is 36.2. The van der Waals surface area contributed by atoms with E-state index in [0.29, 0.717) is 19.6 Å². The van der Waals surface area contributed by atoms with Crippen LogP contribution in [0, 0.1) is 0 Å². The number of esters is 1. The number of unbranched alkanes of at least 4 members (excludes halogenated alkanes) is 28. The second-order valence-corrected chi connectivity index (χ2v) is 15.8. The van der Waals surface area contributed by atoms with Crippen molar-refractivity contribution in [3.63, 3.8) is 0 Å². The zero-order valence-electron chi connectivity index (χ0n) is 36.2. The summed E-state index contributed by atoms with van der Waals surface area (Å²) < 4.78 is 11.2. The van der Waals surface area contributed by atoms with E-state index in [0.717, 1.165) is 32.1 Å². The van der Waals surface area contributed by atoms with Gasteiger partial charge in [0.05, 0.1) is 13.2 Å². The second kappa shape index (κ2) is 47.5. The van der Waals surface area contributed by atoms with Crippen molar-refractivity contribution in [1.82, 2.24) is 0 Å². The number of carbonyl (C=O) groups is 1. The summed E-state index contributed by atoms with van der Waals surface area (Å²) in [5.74, 6) is -0.205. The summed E-state index contributed by atoms with van der Waals surface area (Å²) in [5.41, 5.74) is 0. The first-order valence-electron chi connectivity index (χ1n) is 23.7. The van der Waals surface area contributed by atoms with E-state index in [1.807, 2.05) is 0 Å². The van der Waals surface area contributed by atoms with Crippen LogP contribution in [0.15, 0.2) is 48.6 Å². The number of aliphatic hydroxyl groups excluding tert-OH is 1. The van der Waals surface area contributed by atoms with Crippen LogP contribution < -0.4 is 0 Å². The SMILES string of the molecule is CCCCCCC/C=C\C/C=C\C/C=C\CCCCCCCCCCCCC(=O)OC(CO)COCCCCCCCC/C=C\CCCCCCCCC. The predicted molar refractivity (Wildman–Crippen MR) is 237 cm³/mol. The molecule has 4 heteroatoms. The maximum absolute atomic E-state index is 12.2. The van der Waals surface area contributed by atoms with Gasteiger partial charge in [0.2, 0.25) is 0 Å². The molecule has 4 nitrogen and oxygen atoms in total. The minimum Gasteiger partial charge on any atom is -0.457 e. The third kappa shape index (κ3) is 44.7. The van der Waals surface area contributed by atoms with Gasteiger partial charge in [0.25, 0.3) is 0 Å². The Bertz CT molecular complexity index is 844. The molecule has 0 aliphatic rings. The fraction of sp³-hybridized carbons (Fsp3) is 0.820. The molecule has 0 radical (unpaired) electrons. The second-order valence-electron chi connectivity index (χ2n) is 15.8. The standard InChI is InChI=1S/C50H92O4/c1-3-5-7-9-11-13-15-17-19-21-22-23-24-25-26-27-28-29-31-33-35-37-39-41-43-45-50(52)54-49(47-51)48-53-46-44-42-40-38-36-34-32-30-20-18-16-14-12-10-8-6-4-2/h15,17,20-22,24-25,30,49,51H,3-14,16,18-19,23,26-29,31-48H2,1-2H3/b17-15-,22-21-,25-24-,30-20-. The van der Waals surface area contributed by atoms with Gasteiger partial charge in [-0.3, -0.25) is 4.79 Å². The highest BCUT2D eigenvalue weighted by atomic mass is 16.6. The average molecular weight is 757 g/mol. The first kappa shape index (κ1) is 52.3. The van der Waals surface area contributed by atoms with Crippen LogP contribution in [0.5, 0.6) is 0 Å². The average Bonchev–Trinajstić information content (AvgIpc) is 3.18. The van der Waals surface area contributed by atoms with E-state index in [4.69, 9.17) is 9.47 Å². The number of ether oxygens (including phenoxy) is 2. The van der Waals surface area contributed by atoms with Crippen molar-refractivity contribution in [3.05, 3.63) is 48.6 Å². The van der Waals surface area contributed by atoms with Gasteiger partial charge in [-0.1, -0.05) is 204 Å². The Hall–Kier alpha value is -1.65. The third-order valence-electron chi connectivity index (χ3n) is 10.4. The maximum atomic E-state index is 12.2. The molecular formula is C50H92O4. The Labute approximate surface area is 337 Å². The summed E-state index contributed by atoms with van der Waals surface area (Å²) >= 11 is 0. The summed E-state index contributed by atoms with van der Waals surface area (Å²) in [7, 11) is 0. The highest BCUT2D eigenvalue weighted by Crippen LogP contribution is 2.14. The normalized spacial score (nSPS) is 12.7. The molecule has 316 valence electrons. The molecule has 0 fully saturated rings. The lowest BCUT2D eigenvalue weighted by Crippen LogP contribution is -2.27. The minimum atomic E-state index is -0.540. The Morgan fingerprint density at radius 2 is 0.778 bits per heavy atom. The van der Waals surface area contributed by atoms with Crippen molar-refractivity contribution in [1.29, 1.82) is 0 Å². The number of rotatable bonds is 44. The molecule has 0 rings (SSSR count). The van der Waals surface area contributed by atoms with Gasteiger partial charge in [-0.25, -0.2) is 0 Å². The van der Waals surface area contributed by atoms with Gasteiger partial charge in [0, 0.05) is 13.0 Å². The maximum Gasteiger partial charge on any atom is 0.306 e. The number of aliphatic hydroxyl groups is 1. The lowest BCUT2D eigenvalue weighted by molar-refractivity contribution is -0.154. The quantitative estimate of drug-likeness (QED) is 0.0382. The van der Waals surface area contributed by atoms with Crippen LogP contribution in [0.4, 0.5) is 0 Å². The fourth-order valence-corrected chi connectivity index (χ4v) is 6.80. The molecule has 0 aromatic heterocycles. The smallest absolute Gasteiger partial charge is 0.306 e. The lowest BCUT2D eigenvalue weighted by Gasteiger charge is -2.15. The van der Waals surface area contributed by atoms with Crippen molar-refractivity contribution < 1.29 is 19.4 Å². The molecule has 0 aliphatic heterocycles. The van der Waals surface area contributed by atoms with Crippen LogP contribution in [-0.4, -0.2) is 37.0 Å². The van der Waals surface area contributed by atoms with Gasteiger partial charge >= 0.3 is 5.97 Å². The fourth-order valence-electron chi connectivity index (χ4n) is 6.80. The number of hydrogen-bond acceptors (Lipinski definition) is 4. The summed E-state index contributed by atoms with van der Waals surface area (Å²) in [6.07, 6.45) is 61.8. The number of hydrogen-bond donors (Lipinski definition) is 1. The Kier molecular flexibility index (Phi) is 46.0. The summed E-state index contributed by atoms with van der Waals surface area (Å²) in [6, 6.07) is 0. The lowest BCUT2D eigenvalue weighted by atomic mass is 10.0. The van der Waals surface area contributed by atoms with E-state index in [1.54, 1.807) is 0 Å². The van der Waals surface area contributed by atoms with Crippen molar-refractivity contribution in [2.45, 2.75) is 245 Å². The highest BCUT2D eigenvalue weighted by molar-refractivity contribution is 5.69. The molecule has 0 heterocycles. The molecule has 1 unspecified atom stereocenters. The minimum absolute atomic E-state index is 0.175. The van der Waals surface area contributed by atoms with Crippen molar-refractivity contribution in [3.8, 4) is 0 Å². The summed E-state index contributed by atoms with van der Waals surface area (Å²) in [5, 5.41) is 9.62. The molecule has 0 bridgehead atoms. The molecular weight excluding hydrogens is 665 g/mol. The van der Waals surface area contributed by atoms with Crippen LogP contribution in [0.3, 0.4) is 0 Å². The third-order valence-corrected chi connectivity index (χ3v) is 10.4. The van der Waals surface area contributed by atoms with Crippen LogP contribution >= 0.6 is 0 Å². The van der Waals surface area contributed by atoms with Gasteiger partial charge in [-0.15, -0.1) is 0 Å². The molecule has 0 aliphatic carbocycles. The summed E-state index contributed by atoms with van der Waals surface area (Å²) in [6.45, 7) is 5.34. The first-order chi connectivity index (χ1) is 26.7. The zero-order chi connectivity index (χ0) is 39.1. The van der Waals surface area contributed by atoms with E-state index in [9.17, 15) is 9.90 Å². The van der Waals surface area contributed by atoms with E-state index in [1.165, 1.54) is 186 Å². The molecule has 0 aromatic rings. The Balaban J connectivity index is 3.44. The van der Waals surface area contributed by atoms with E-state index in [2.05, 4.69) is 62.5 Å².